The van der Waals surface area contributed by atoms with Crippen molar-refractivity contribution < 1.29 is 18.8 Å². The molecule has 1 aromatic carbocycles. The number of furan rings is 1. The number of benzene rings is 1. The molecule has 0 unspecified atom stereocenters. The van der Waals surface area contributed by atoms with Gasteiger partial charge in [0, 0.05) is 17.0 Å². The van der Waals surface area contributed by atoms with Crippen molar-refractivity contribution in [2.75, 3.05) is 5.32 Å². The summed E-state index contributed by atoms with van der Waals surface area (Å²) < 4.78 is 7.05. The Morgan fingerprint density at radius 3 is 2.66 bits per heavy atom. The maximum atomic E-state index is 12.8. The number of nitrogens with one attached hydrogen (secondary N) is 1. The molecule has 1 aliphatic heterocycles. The van der Waals surface area contributed by atoms with Crippen molar-refractivity contribution in [3.63, 3.8) is 0 Å². The summed E-state index contributed by atoms with van der Waals surface area (Å²) in [6, 6.07) is 9.81. The molecule has 9 heteroatoms. The number of rotatable bonds is 5. The molecule has 0 saturated carbocycles. The molecular formula is C23H19N5O4. The van der Waals surface area contributed by atoms with Gasteiger partial charge in [-0.25, -0.2) is 9.67 Å². The van der Waals surface area contributed by atoms with Crippen molar-refractivity contribution in [1.82, 2.24) is 19.7 Å². The standard InChI is InChI=1S/C23H19N5O4/c1-13(2)28-20-15(10-25-28)8-16(11-24-20)26-21(29)14-5-6-18-19(9-14)23(31)27(22(18)30)12-17-4-3-7-32-17/h3-11,13H,12H2,1-2H3,(H,26,29). The van der Waals surface area contributed by atoms with Crippen molar-refractivity contribution >= 4 is 34.4 Å². The predicted molar refractivity (Wildman–Crippen MR) is 115 cm³/mol. The van der Waals surface area contributed by atoms with Crippen LogP contribution in [0, 0.1) is 0 Å². The van der Waals surface area contributed by atoms with E-state index in [1.807, 2.05) is 13.8 Å². The van der Waals surface area contributed by atoms with Crippen molar-refractivity contribution in [2.24, 2.45) is 0 Å². The highest BCUT2D eigenvalue weighted by molar-refractivity contribution is 6.22. The molecule has 9 nitrogen and oxygen atoms in total. The molecule has 0 radical (unpaired) electrons. The molecule has 5 rings (SSSR count). The number of nitrogens with zero attached hydrogens (tertiary/aromatic N) is 4. The van der Waals surface area contributed by atoms with Crippen molar-refractivity contribution in [3.05, 3.63) is 77.5 Å². The lowest BCUT2D eigenvalue weighted by atomic mass is 10.1. The van der Waals surface area contributed by atoms with E-state index in [-0.39, 0.29) is 29.3 Å². The highest BCUT2D eigenvalue weighted by Gasteiger charge is 2.36. The van der Waals surface area contributed by atoms with Crippen molar-refractivity contribution in [3.8, 4) is 0 Å². The van der Waals surface area contributed by atoms with Crippen LogP contribution in [0.4, 0.5) is 5.69 Å². The first kappa shape index (κ1) is 19.7. The van der Waals surface area contributed by atoms with E-state index in [2.05, 4.69) is 15.4 Å². The molecule has 1 N–H and O–H groups in total. The van der Waals surface area contributed by atoms with E-state index in [9.17, 15) is 14.4 Å². The third kappa shape index (κ3) is 3.24. The lowest BCUT2D eigenvalue weighted by molar-refractivity contribution is 0.0631. The first-order valence-corrected chi connectivity index (χ1v) is 10.1. The summed E-state index contributed by atoms with van der Waals surface area (Å²) in [7, 11) is 0. The summed E-state index contributed by atoms with van der Waals surface area (Å²) in [6.07, 6.45) is 4.75. The Hall–Kier alpha value is -4.27. The average Bonchev–Trinajstić information content (AvgIpc) is 3.49. The van der Waals surface area contributed by atoms with Gasteiger partial charge in [0.15, 0.2) is 5.65 Å². The highest BCUT2D eigenvalue weighted by atomic mass is 16.3. The number of carbonyl (C=O) groups excluding carboxylic acids is 3. The molecular weight excluding hydrogens is 410 g/mol. The molecule has 160 valence electrons. The minimum absolute atomic E-state index is 0.0383. The molecule has 0 fully saturated rings. The molecule has 3 amide bonds. The second kappa shape index (κ2) is 7.45. The van der Waals surface area contributed by atoms with E-state index in [1.165, 1.54) is 24.5 Å². The zero-order valence-electron chi connectivity index (χ0n) is 17.4. The number of hydrogen-bond donors (Lipinski definition) is 1. The zero-order chi connectivity index (χ0) is 22.4. The zero-order valence-corrected chi connectivity index (χ0v) is 17.4. The molecule has 0 saturated heterocycles. The maximum Gasteiger partial charge on any atom is 0.261 e. The van der Waals surface area contributed by atoms with E-state index >= 15 is 0 Å². The van der Waals surface area contributed by atoms with E-state index in [1.54, 1.807) is 35.3 Å². The monoisotopic (exact) mass is 429 g/mol. The van der Waals surface area contributed by atoms with Gasteiger partial charge in [-0.2, -0.15) is 5.10 Å². The smallest absolute Gasteiger partial charge is 0.261 e. The molecule has 0 atom stereocenters. The fourth-order valence-corrected chi connectivity index (χ4v) is 3.72. The molecule has 3 aromatic heterocycles. The second-order valence-corrected chi connectivity index (χ2v) is 7.81. The summed E-state index contributed by atoms with van der Waals surface area (Å²) in [5.41, 5.74) is 1.97. The Morgan fingerprint density at radius 1 is 1.09 bits per heavy atom. The average molecular weight is 429 g/mol. The summed E-state index contributed by atoms with van der Waals surface area (Å²) >= 11 is 0. The van der Waals surface area contributed by atoms with Gasteiger partial charge in [-0.15, -0.1) is 0 Å². The van der Waals surface area contributed by atoms with E-state index in [0.29, 0.717) is 11.4 Å². The van der Waals surface area contributed by atoms with Crippen LogP contribution in [0.1, 0.15) is 56.7 Å². The third-order valence-electron chi connectivity index (χ3n) is 5.31. The van der Waals surface area contributed by atoms with Crippen LogP contribution in [-0.4, -0.2) is 37.4 Å². The quantitative estimate of drug-likeness (QED) is 0.485. The maximum absolute atomic E-state index is 12.8. The SMILES string of the molecule is CC(C)n1ncc2cc(NC(=O)c3ccc4c(c3)C(=O)N(Cc3ccco3)C4=O)cnc21. The Bertz CT molecular complexity index is 1370. The van der Waals surface area contributed by atoms with Gasteiger partial charge >= 0.3 is 0 Å². The van der Waals surface area contributed by atoms with Crippen LogP contribution in [0.5, 0.6) is 0 Å². The first-order chi connectivity index (χ1) is 15.4. The van der Waals surface area contributed by atoms with Gasteiger partial charge in [0.1, 0.15) is 5.76 Å². The number of fused-ring (bicyclic) bond motifs is 2. The fraction of sp³-hybridized carbons (Fsp3) is 0.174. The van der Waals surface area contributed by atoms with Gasteiger partial charge in [-0.05, 0) is 50.2 Å². The van der Waals surface area contributed by atoms with Gasteiger partial charge in [-0.3, -0.25) is 19.3 Å². The Labute approximate surface area is 182 Å². The van der Waals surface area contributed by atoms with Crippen LogP contribution in [0.15, 0.2) is 59.5 Å². The van der Waals surface area contributed by atoms with Gasteiger partial charge in [0.05, 0.1) is 42.0 Å². The predicted octanol–water partition coefficient (Wildman–Crippen LogP) is 3.65. The molecule has 1 aliphatic rings. The number of pyridine rings is 1. The summed E-state index contributed by atoms with van der Waals surface area (Å²) in [4.78, 5) is 43.7. The lowest BCUT2D eigenvalue weighted by Gasteiger charge is -2.11. The topological polar surface area (TPSA) is 110 Å². The molecule has 0 aliphatic carbocycles. The highest BCUT2D eigenvalue weighted by Crippen LogP contribution is 2.26. The third-order valence-corrected chi connectivity index (χ3v) is 5.31. The van der Waals surface area contributed by atoms with Crippen LogP contribution in [-0.2, 0) is 6.54 Å². The largest absolute Gasteiger partial charge is 0.467 e. The summed E-state index contributed by atoms with van der Waals surface area (Å²) in [5.74, 6) is -0.776. The first-order valence-electron chi connectivity index (χ1n) is 10.1. The van der Waals surface area contributed by atoms with E-state index in [0.717, 1.165) is 15.9 Å². The lowest BCUT2D eigenvalue weighted by Crippen LogP contribution is -2.28. The molecule has 0 bridgehead atoms. The van der Waals surface area contributed by atoms with Crippen LogP contribution < -0.4 is 5.32 Å². The fourth-order valence-electron chi connectivity index (χ4n) is 3.72. The second-order valence-electron chi connectivity index (χ2n) is 7.81. The Morgan fingerprint density at radius 2 is 1.91 bits per heavy atom. The van der Waals surface area contributed by atoms with E-state index in [4.69, 9.17) is 4.42 Å². The van der Waals surface area contributed by atoms with Gasteiger partial charge < -0.3 is 9.73 Å². The minimum atomic E-state index is -0.458. The van der Waals surface area contributed by atoms with Gasteiger partial charge in [0.25, 0.3) is 17.7 Å². The molecule has 0 spiro atoms. The van der Waals surface area contributed by atoms with Crippen LogP contribution in [0.2, 0.25) is 0 Å². The van der Waals surface area contributed by atoms with Crippen molar-refractivity contribution in [2.45, 2.75) is 26.4 Å². The van der Waals surface area contributed by atoms with Gasteiger partial charge in [0.2, 0.25) is 0 Å². The number of aromatic nitrogens is 3. The number of amides is 3. The summed E-state index contributed by atoms with van der Waals surface area (Å²) in [5, 5.41) is 7.92. The molecule has 32 heavy (non-hydrogen) atoms. The Kier molecular flexibility index (Phi) is 4.58. The van der Waals surface area contributed by atoms with Crippen LogP contribution >= 0.6 is 0 Å². The minimum Gasteiger partial charge on any atom is -0.467 e. The number of anilines is 1. The van der Waals surface area contributed by atoms with Gasteiger partial charge in [-0.1, -0.05) is 0 Å². The molecule has 4 heterocycles. The Balaban J connectivity index is 1.37. The number of hydrogen-bond acceptors (Lipinski definition) is 6. The van der Waals surface area contributed by atoms with Crippen LogP contribution in [0.25, 0.3) is 11.0 Å². The van der Waals surface area contributed by atoms with Crippen molar-refractivity contribution in [1.29, 1.82) is 0 Å². The normalized spacial score (nSPS) is 13.3. The summed E-state index contributed by atoms with van der Waals surface area (Å²) in [6.45, 7) is 4.06. The van der Waals surface area contributed by atoms with Crippen LogP contribution in [0.3, 0.4) is 0 Å². The molecule has 4 aromatic rings. The number of carbonyl (C=O) groups is 3. The van der Waals surface area contributed by atoms with E-state index < -0.39 is 17.7 Å². The number of imide groups is 1.